The topological polar surface area (TPSA) is 66.6 Å². The summed E-state index contributed by atoms with van der Waals surface area (Å²) >= 11 is 0. The van der Waals surface area contributed by atoms with Crippen molar-refractivity contribution in [3.8, 4) is 0 Å². The number of nitrogens with zero attached hydrogens (tertiary/aromatic N) is 2. The van der Waals surface area contributed by atoms with Crippen molar-refractivity contribution in [2.24, 2.45) is 11.7 Å². The van der Waals surface area contributed by atoms with Gasteiger partial charge < -0.3 is 15.5 Å². The van der Waals surface area contributed by atoms with Gasteiger partial charge in [-0.3, -0.25) is 9.59 Å². The summed E-state index contributed by atoms with van der Waals surface area (Å²) in [6, 6.07) is 9.46. The summed E-state index contributed by atoms with van der Waals surface area (Å²) in [6.07, 6.45) is 5.37. The summed E-state index contributed by atoms with van der Waals surface area (Å²) in [6.45, 7) is 3.28. The van der Waals surface area contributed by atoms with E-state index in [4.69, 9.17) is 5.73 Å². The van der Waals surface area contributed by atoms with Crippen LogP contribution in [-0.4, -0.2) is 53.8 Å². The van der Waals surface area contributed by atoms with E-state index in [1.165, 1.54) is 0 Å². The molecule has 2 fully saturated rings. The molecule has 3 rings (SSSR count). The van der Waals surface area contributed by atoms with E-state index in [1.54, 1.807) is 0 Å². The molecule has 2 aliphatic heterocycles. The standard InChI is InChI=1S/C20H29N3O2/c21-18(14-16-6-2-1-3-7-16)20(25)22-12-9-17(10-13-22)15-23-11-5-4-8-19(23)24/h1-3,6-7,17-18H,4-5,8-15,21H2/t18-/m0/s1. The molecule has 0 aromatic heterocycles. The van der Waals surface area contributed by atoms with E-state index in [2.05, 4.69) is 0 Å². The van der Waals surface area contributed by atoms with Crippen LogP contribution in [0, 0.1) is 5.92 Å². The Kier molecular flexibility index (Phi) is 6.08. The van der Waals surface area contributed by atoms with Gasteiger partial charge in [-0.25, -0.2) is 0 Å². The maximum Gasteiger partial charge on any atom is 0.239 e. The minimum atomic E-state index is -0.470. The lowest BCUT2D eigenvalue weighted by atomic mass is 9.94. The minimum Gasteiger partial charge on any atom is -0.342 e. The largest absolute Gasteiger partial charge is 0.342 e. The maximum absolute atomic E-state index is 12.6. The highest BCUT2D eigenvalue weighted by Crippen LogP contribution is 2.21. The molecule has 1 aromatic rings. The molecular weight excluding hydrogens is 314 g/mol. The average Bonchev–Trinajstić information content (AvgIpc) is 2.64. The van der Waals surface area contributed by atoms with Crippen LogP contribution in [0.3, 0.4) is 0 Å². The molecule has 0 saturated carbocycles. The second kappa shape index (κ2) is 8.48. The number of carbonyl (C=O) groups is 2. The van der Waals surface area contributed by atoms with E-state index >= 15 is 0 Å². The van der Waals surface area contributed by atoms with E-state index < -0.39 is 6.04 Å². The van der Waals surface area contributed by atoms with Crippen LogP contribution in [0.4, 0.5) is 0 Å². The third-order valence-corrected chi connectivity index (χ3v) is 5.44. The number of rotatable bonds is 5. The quantitative estimate of drug-likeness (QED) is 0.887. The fourth-order valence-electron chi connectivity index (χ4n) is 3.89. The van der Waals surface area contributed by atoms with Crippen molar-refractivity contribution >= 4 is 11.8 Å². The van der Waals surface area contributed by atoms with Gasteiger partial charge in [0.05, 0.1) is 6.04 Å². The number of likely N-dealkylation sites (tertiary alicyclic amines) is 2. The first-order chi connectivity index (χ1) is 12.1. The van der Waals surface area contributed by atoms with E-state index in [0.29, 0.717) is 24.7 Å². The molecule has 5 nitrogen and oxygen atoms in total. The Balaban J connectivity index is 1.45. The van der Waals surface area contributed by atoms with E-state index in [0.717, 1.165) is 57.4 Å². The third-order valence-electron chi connectivity index (χ3n) is 5.44. The molecule has 0 spiro atoms. The Hall–Kier alpha value is -1.88. The van der Waals surface area contributed by atoms with Gasteiger partial charge in [0.15, 0.2) is 0 Å². The van der Waals surface area contributed by atoms with Crippen LogP contribution in [0.1, 0.15) is 37.7 Å². The number of hydrogen-bond donors (Lipinski definition) is 1. The summed E-state index contributed by atoms with van der Waals surface area (Å²) in [5.74, 6) is 0.863. The van der Waals surface area contributed by atoms with Crippen molar-refractivity contribution in [3.63, 3.8) is 0 Å². The monoisotopic (exact) mass is 343 g/mol. The fraction of sp³-hybridized carbons (Fsp3) is 0.600. The van der Waals surface area contributed by atoms with E-state index in [1.807, 2.05) is 40.1 Å². The van der Waals surface area contributed by atoms with Gasteiger partial charge in [0.25, 0.3) is 0 Å². The van der Waals surface area contributed by atoms with Crippen molar-refractivity contribution < 1.29 is 9.59 Å². The maximum atomic E-state index is 12.6. The number of hydrogen-bond acceptors (Lipinski definition) is 3. The van der Waals surface area contributed by atoms with Gasteiger partial charge in [0.1, 0.15) is 0 Å². The van der Waals surface area contributed by atoms with Crippen molar-refractivity contribution in [3.05, 3.63) is 35.9 Å². The van der Waals surface area contributed by atoms with Crippen molar-refractivity contribution in [2.75, 3.05) is 26.2 Å². The van der Waals surface area contributed by atoms with Gasteiger partial charge in [0.2, 0.25) is 11.8 Å². The Morgan fingerprint density at radius 3 is 2.52 bits per heavy atom. The number of amides is 2. The zero-order chi connectivity index (χ0) is 17.6. The molecule has 5 heteroatoms. The molecule has 2 N–H and O–H groups in total. The fourth-order valence-corrected chi connectivity index (χ4v) is 3.89. The number of carbonyl (C=O) groups excluding carboxylic acids is 2. The molecule has 0 radical (unpaired) electrons. The molecule has 25 heavy (non-hydrogen) atoms. The summed E-state index contributed by atoms with van der Waals surface area (Å²) in [4.78, 5) is 28.5. The summed E-state index contributed by atoms with van der Waals surface area (Å²) < 4.78 is 0. The SMILES string of the molecule is N[C@@H](Cc1ccccc1)C(=O)N1CCC(CN2CCCCC2=O)CC1. The Bertz CT molecular complexity index is 582. The first-order valence-corrected chi connectivity index (χ1v) is 9.49. The zero-order valence-corrected chi connectivity index (χ0v) is 14.9. The van der Waals surface area contributed by atoms with E-state index in [-0.39, 0.29) is 5.91 Å². The molecular formula is C20H29N3O2. The number of benzene rings is 1. The highest BCUT2D eigenvalue weighted by atomic mass is 16.2. The van der Waals surface area contributed by atoms with Crippen LogP contribution in [-0.2, 0) is 16.0 Å². The molecule has 0 bridgehead atoms. The van der Waals surface area contributed by atoms with Gasteiger partial charge >= 0.3 is 0 Å². The van der Waals surface area contributed by atoms with Gasteiger partial charge in [-0.2, -0.15) is 0 Å². The third kappa shape index (κ3) is 4.82. The molecule has 2 amide bonds. The first-order valence-electron chi connectivity index (χ1n) is 9.49. The normalized spacial score (nSPS) is 20.6. The van der Waals surface area contributed by atoms with Gasteiger partial charge in [-0.15, -0.1) is 0 Å². The first kappa shape index (κ1) is 17.9. The van der Waals surface area contributed by atoms with Crippen molar-refractivity contribution in [1.82, 2.24) is 9.80 Å². The molecule has 1 atom stereocenters. The van der Waals surface area contributed by atoms with Gasteiger partial charge in [0, 0.05) is 32.6 Å². The minimum absolute atomic E-state index is 0.0522. The number of piperidine rings is 2. The van der Waals surface area contributed by atoms with Crippen molar-refractivity contribution in [1.29, 1.82) is 0 Å². The second-order valence-electron chi connectivity index (χ2n) is 7.36. The molecule has 2 aliphatic rings. The van der Waals surface area contributed by atoms with Crippen LogP contribution in [0.25, 0.3) is 0 Å². The average molecular weight is 343 g/mol. The van der Waals surface area contributed by atoms with E-state index in [9.17, 15) is 9.59 Å². The molecule has 0 aliphatic carbocycles. The lowest BCUT2D eigenvalue weighted by Gasteiger charge is -2.37. The summed E-state index contributed by atoms with van der Waals surface area (Å²) in [5, 5.41) is 0. The van der Waals surface area contributed by atoms with Crippen LogP contribution < -0.4 is 5.73 Å². The Labute approximate surface area is 150 Å². The summed E-state index contributed by atoms with van der Waals surface area (Å²) in [5.41, 5.74) is 7.24. The molecule has 2 heterocycles. The summed E-state index contributed by atoms with van der Waals surface area (Å²) in [7, 11) is 0. The van der Waals surface area contributed by atoms with Gasteiger partial charge in [-0.1, -0.05) is 30.3 Å². The smallest absolute Gasteiger partial charge is 0.239 e. The van der Waals surface area contributed by atoms with Crippen LogP contribution >= 0.6 is 0 Å². The zero-order valence-electron chi connectivity index (χ0n) is 14.9. The van der Waals surface area contributed by atoms with Crippen LogP contribution in [0.15, 0.2) is 30.3 Å². The second-order valence-corrected chi connectivity index (χ2v) is 7.36. The Morgan fingerprint density at radius 2 is 1.84 bits per heavy atom. The number of nitrogens with two attached hydrogens (primary N) is 1. The highest BCUT2D eigenvalue weighted by molar-refractivity contribution is 5.82. The van der Waals surface area contributed by atoms with Gasteiger partial charge in [-0.05, 0) is 43.6 Å². The van der Waals surface area contributed by atoms with Crippen LogP contribution in [0.5, 0.6) is 0 Å². The lowest BCUT2D eigenvalue weighted by Crippen LogP contribution is -2.49. The predicted octanol–water partition coefficient (Wildman–Crippen LogP) is 1.81. The highest BCUT2D eigenvalue weighted by Gasteiger charge is 2.28. The molecule has 136 valence electrons. The Morgan fingerprint density at radius 1 is 1.12 bits per heavy atom. The van der Waals surface area contributed by atoms with Crippen LogP contribution in [0.2, 0.25) is 0 Å². The molecule has 0 unspecified atom stereocenters. The predicted molar refractivity (Wildman–Crippen MR) is 97.9 cm³/mol. The lowest BCUT2D eigenvalue weighted by molar-refractivity contribution is -0.136. The molecule has 2 saturated heterocycles. The van der Waals surface area contributed by atoms with Crippen molar-refractivity contribution in [2.45, 2.75) is 44.6 Å². The molecule has 1 aromatic carbocycles.